The van der Waals surface area contributed by atoms with Gasteiger partial charge in [-0.1, -0.05) is 50.1 Å². The van der Waals surface area contributed by atoms with E-state index < -0.39 is 0 Å². The van der Waals surface area contributed by atoms with Gasteiger partial charge in [-0.15, -0.1) is 11.3 Å². The maximum Gasteiger partial charge on any atom is 0.315 e. The van der Waals surface area contributed by atoms with Gasteiger partial charge in [0, 0.05) is 17.5 Å². The summed E-state index contributed by atoms with van der Waals surface area (Å²) in [4.78, 5) is 16.1. The first-order valence-corrected chi connectivity index (χ1v) is 8.19. The quantitative estimate of drug-likeness (QED) is 0.764. The van der Waals surface area contributed by atoms with Crippen LogP contribution in [0.2, 0.25) is 0 Å². The first-order chi connectivity index (χ1) is 10.3. The number of hydrogen-bond donors (Lipinski definition) is 2. The van der Waals surface area contributed by atoms with Crippen molar-refractivity contribution in [2.45, 2.75) is 32.7 Å². The van der Waals surface area contributed by atoms with Crippen molar-refractivity contribution in [3.05, 3.63) is 41.4 Å². The third-order valence-electron chi connectivity index (χ3n) is 3.07. The molecule has 0 saturated carbocycles. The Morgan fingerprint density at radius 3 is 2.76 bits per heavy atom. The molecule has 0 bridgehead atoms. The van der Waals surface area contributed by atoms with Gasteiger partial charge >= 0.3 is 6.03 Å². The van der Waals surface area contributed by atoms with Crippen molar-refractivity contribution < 1.29 is 4.79 Å². The van der Waals surface area contributed by atoms with Gasteiger partial charge in [0.25, 0.3) is 0 Å². The highest BCUT2D eigenvalue weighted by molar-refractivity contribution is 7.13. The van der Waals surface area contributed by atoms with Crippen molar-refractivity contribution in [3.8, 4) is 10.6 Å². The molecular formula is C16H21N3OS. The van der Waals surface area contributed by atoms with E-state index in [0.717, 1.165) is 42.1 Å². The van der Waals surface area contributed by atoms with Crippen molar-refractivity contribution in [2.24, 2.45) is 0 Å². The topological polar surface area (TPSA) is 54.0 Å². The second-order valence-corrected chi connectivity index (χ2v) is 5.68. The van der Waals surface area contributed by atoms with Crippen LogP contribution in [0.5, 0.6) is 0 Å². The second kappa shape index (κ2) is 8.42. The SMILES string of the molecule is CCCCCNC(=O)NCc1csc(-c2ccccc2)n1. The van der Waals surface area contributed by atoms with Gasteiger partial charge in [0.15, 0.2) is 0 Å². The van der Waals surface area contributed by atoms with Crippen LogP contribution in [-0.4, -0.2) is 17.6 Å². The minimum atomic E-state index is -0.125. The van der Waals surface area contributed by atoms with Gasteiger partial charge in [-0.05, 0) is 6.42 Å². The molecule has 0 saturated heterocycles. The molecular weight excluding hydrogens is 282 g/mol. The van der Waals surface area contributed by atoms with Gasteiger partial charge in [0.1, 0.15) is 5.01 Å². The molecule has 2 amide bonds. The van der Waals surface area contributed by atoms with Crippen LogP contribution < -0.4 is 10.6 Å². The van der Waals surface area contributed by atoms with Crippen LogP contribution in [0.4, 0.5) is 4.79 Å². The number of carbonyl (C=O) groups excluding carboxylic acids is 1. The van der Waals surface area contributed by atoms with Crippen molar-refractivity contribution in [2.75, 3.05) is 6.54 Å². The van der Waals surface area contributed by atoms with Gasteiger partial charge in [0.05, 0.1) is 12.2 Å². The highest BCUT2D eigenvalue weighted by Crippen LogP contribution is 2.22. The largest absolute Gasteiger partial charge is 0.338 e. The average molecular weight is 303 g/mol. The predicted octanol–water partition coefficient (Wildman–Crippen LogP) is 3.80. The Balaban J connectivity index is 1.77. The van der Waals surface area contributed by atoms with E-state index in [-0.39, 0.29) is 6.03 Å². The fraction of sp³-hybridized carbons (Fsp3) is 0.375. The van der Waals surface area contributed by atoms with E-state index in [1.54, 1.807) is 11.3 Å². The minimum Gasteiger partial charge on any atom is -0.338 e. The summed E-state index contributed by atoms with van der Waals surface area (Å²) >= 11 is 1.60. The Morgan fingerprint density at radius 1 is 1.19 bits per heavy atom. The fourth-order valence-corrected chi connectivity index (χ4v) is 2.74. The summed E-state index contributed by atoms with van der Waals surface area (Å²) in [5.41, 5.74) is 2.00. The number of amides is 2. The Kier molecular flexibility index (Phi) is 6.22. The summed E-state index contributed by atoms with van der Waals surface area (Å²) in [5, 5.41) is 8.65. The molecule has 0 aliphatic carbocycles. The Morgan fingerprint density at radius 2 is 2.00 bits per heavy atom. The molecule has 4 nitrogen and oxygen atoms in total. The highest BCUT2D eigenvalue weighted by Gasteiger charge is 2.05. The number of nitrogens with zero attached hydrogens (tertiary/aromatic N) is 1. The van der Waals surface area contributed by atoms with Crippen LogP contribution in [0.1, 0.15) is 31.9 Å². The van der Waals surface area contributed by atoms with Crippen molar-refractivity contribution in [1.29, 1.82) is 0 Å². The lowest BCUT2D eigenvalue weighted by atomic mass is 10.2. The smallest absolute Gasteiger partial charge is 0.315 e. The lowest BCUT2D eigenvalue weighted by molar-refractivity contribution is 0.240. The van der Waals surface area contributed by atoms with E-state index in [1.165, 1.54) is 0 Å². The predicted molar refractivity (Wildman–Crippen MR) is 87.3 cm³/mol. The molecule has 0 aliphatic rings. The van der Waals surface area contributed by atoms with Crippen molar-refractivity contribution >= 4 is 17.4 Å². The van der Waals surface area contributed by atoms with Crippen LogP contribution in [0, 0.1) is 0 Å². The Bertz CT molecular complexity index is 554. The number of carbonyl (C=O) groups is 1. The summed E-state index contributed by atoms with van der Waals surface area (Å²) in [6.07, 6.45) is 3.33. The number of urea groups is 1. The third kappa shape index (κ3) is 5.19. The zero-order valence-electron chi connectivity index (χ0n) is 12.3. The van der Waals surface area contributed by atoms with Crippen LogP contribution in [0.15, 0.2) is 35.7 Å². The van der Waals surface area contributed by atoms with Crippen LogP contribution in [0.3, 0.4) is 0 Å². The number of thiazole rings is 1. The zero-order chi connectivity index (χ0) is 14.9. The molecule has 112 valence electrons. The van der Waals surface area contributed by atoms with Gasteiger partial charge < -0.3 is 10.6 Å². The summed E-state index contributed by atoms with van der Waals surface area (Å²) < 4.78 is 0. The molecule has 1 aromatic heterocycles. The molecule has 0 spiro atoms. The number of hydrogen-bond acceptors (Lipinski definition) is 3. The zero-order valence-corrected chi connectivity index (χ0v) is 13.1. The number of aromatic nitrogens is 1. The Labute approximate surface area is 129 Å². The normalized spacial score (nSPS) is 10.3. The van der Waals surface area contributed by atoms with Crippen LogP contribution in [-0.2, 0) is 6.54 Å². The number of unbranched alkanes of at least 4 members (excludes halogenated alkanes) is 2. The Hall–Kier alpha value is -1.88. The third-order valence-corrected chi connectivity index (χ3v) is 4.01. The van der Waals surface area contributed by atoms with Gasteiger partial charge in [-0.2, -0.15) is 0 Å². The molecule has 0 aliphatic heterocycles. The van der Waals surface area contributed by atoms with E-state index in [2.05, 4.69) is 22.5 Å². The first-order valence-electron chi connectivity index (χ1n) is 7.31. The molecule has 0 unspecified atom stereocenters. The number of rotatable bonds is 7. The summed E-state index contributed by atoms with van der Waals surface area (Å²) in [6, 6.07) is 9.94. The molecule has 0 radical (unpaired) electrons. The molecule has 2 aromatic rings. The summed E-state index contributed by atoms with van der Waals surface area (Å²) in [7, 11) is 0. The van der Waals surface area contributed by atoms with Crippen molar-refractivity contribution in [3.63, 3.8) is 0 Å². The monoisotopic (exact) mass is 303 g/mol. The highest BCUT2D eigenvalue weighted by atomic mass is 32.1. The molecule has 0 atom stereocenters. The second-order valence-electron chi connectivity index (χ2n) is 4.83. The van der Waals surface area contributed by atoms with Crippen LogP contribution >= 0.6 is 11.3 Å². The lowest BCUT2D eigenvalue weighted by Crippen LogP contribution is -2.35. The molecule has 1 aromatic carbocycles. The molecule has 2 N–H and O–H groups in total. The van der Waals surface area contributed by atoms with Gasteiger partial charge in [0.2, 0.25) is 0 Å². The van der Waals surface area contributed by atoms with Gasteiger partial charge in [-0.25, -0.2) is 9.78 Å². The van der Waals surface area contributed by atoms with E-state index in [9.17, 15) is 4.79 Å². The van der Waals surface area contributed by atoms with E-state index in [4.69, 9.17) is 0 Å². The maximum atomic E-state index is 11.6. The van der Waals surface area contributed by atoms with Crippen molar-refractivity contribution in [1.82, 2.24) is 15.6 Å². The standard InChI is InChI=1S/C16H21N3OS/c1-2-3-7-10-17-16(20)18-11-14-12-21-15(19-14)13-8-5-4-6-9-13/h4-6,8-9,12H,2-3,7,10-11H2,1H3,(H2,17,18,20). The molecule has 21 heavy (non-hydrogen) atoms. The molecule has 1 heterocycles. The molecule has 5 heteroatoms. The van der Waals surface area contributed by atoms with E-state index >= 15 is 0 Å². The molecule has 2 rings (SSSR count). The fourth-order valence-electron chi connectivity index (χ4n) is 1.91. The maximum absolute atomic E-state index is 11.6. The molecule has 0 fully saturated rings. The minimum absolute atomic E-state index is 0.125. The summed E-state index contributed by atoms with van der Waals surface area (Å²) in [6.45, 7) is 3.33. The number of benzene rings is 1. The van der Waals surface area contributed by atoms with E-state index in [0.29, 0.717) is 6.54 Å². The van der Waals surface area contributed by atoms with E-state index in [1.807, 2.05) is 35.7 Å². The summed E-state index contributed by atoms with van der Waals surface area (Å²) in [5.74, 6) is 0. The van der Waals surface area contributed by atoms with Crippen LogP contribution in [0.25, 0.3) is 10.6 Å². The number of nitrogens with one attached hydrogen (secondary N) is 2. The van der Waals surface area contributed by atoms with Gasteiger partial charge in [-0.3, -0.25) is 0 Å². The lowest BCUT2D eigenvalue weighted by Gasteiger charge is -2.05. The first kappa shape index (κ1) is 15.5. The average Bonchev–Trinajstić information content (AvgIpc) is 2.99.